The molecular formula is C14H20F2N4O2. The molecule has 0 aromatic carbocycles. The molecule has 0 saturated heterocycles. The number of nitrogens with zero attached hydrogens (tertiary/aromatic N) is 4. The summed E-state index contributed by atoms with van der Waals surface area (Å²) in [6.45, 7) is -0.0548. The maximum Gasteiger partial charge on any atom is 0.352 e. The molecule has 1 aromatic rings. The molecule has 2 fully saturated rings. The summed E-state index contributed by atoms with van der Waals surface area (Å²) < 4.78 is 30.1. The van der Waals surface area contributed by atoms with Crippen molar-refractivity contribution >= 4 is 5.91 Å². The molecule has 1 N–H and O–H groups in total. The van der Waals surface area contributed by atoms with E-state index >= 15 is 0 Å². The average molecular weight is 314 g/mol. The number of hydrogen-bond acceptors (Lipinski definition) is 4. The number of carbonyl (C=O) groups is 1. The first kappa shape index (κ1) is 15.3. The number of hydrogen-bond donors (Lipinski definition) is 1. The molecule has 8 heteroatoms. The van der Waals surface area contributed by atoms with Crippen LogP contribution in [0.15, 0.2) is 0 Å². The third-order valence-corrected chi connectivity index (χ3v) is 4.70. The van der Waals surface area contributed by atoms with Crippen LogP contribution in [0.3, 0.4) is 0 Å². The van der Waals surface area contributed by atoms with Gasteiger partial charge in [0, 0.05) is 20.0 Å². The first-order chi connectivity index (χ1) is 10.3. The molecule has 22 heavy (non-hydrogen) atoms. The Kier molecular flexibility index (Phi) is 3.47. The van der Waals surface area contributed by atoms with Gasteiger partial charge in [0.2, 0.25) is 0 Å². The fraction of sp³-hybridized carbons (Fsp3) is 0.786. The summed E-state index contributed by atoms with van der Waals surface area (Å²) in [6.07, 6.45) is 2.54. The zero-order chi connectivity index (χ0) is 16.1. The van der Waals surface area contributed by atoms with Gasteiger partial charge in [0.05, 0.1) is 6.54 Å². The van der Waals surface area contributed by atoms with Gasteiger partial charge in [-0.3, -0.25) is 4.79 Å². The van der Waals surface area contributed by atoms with Gasteiger partial charge in [-0.2, -0.15) is 8.78 Å². The number of rotatable bonds is 5. The van der Waals surface area contributed by atoms with E-state index in [1.165, 1.54) is 7.05 Å². The van der Waals surface area contributed by atoms with Crippen molar-refractivity contribution in [1.82, 2.24) is 19.7 Å². The number of halogens is 2. The molecule has 1 aromatic heterocycles. The van der Waals surface area contributed by atoms with Gasteiger partial charge >= 0.3 is 5.92 Å². The predicted molar refractivity (Wildman–Crippen MR) is 73.2 cm³/mol. The van der Waals surface area contributed by atoms with Crippen LogP contribution in [-0.2, 0) is 18.4 Å². The predicted octanol–water partition coefficient (Wildman–Crippen LogP) is 1.20. The highest BCUT2D eigenvalue weighted by molar-refractivity contribution is 5.84. The molecule has 1 heterocycles. The Morgan fingerprint density at radius 2 is 2.09 bits per heavy atom. The number of amides is 1. The zero-order valence-corrected chi connectivity index (χ0v) is 12.7. The molecule has 0 atom stereocenters. The standard InChI is InChI=1S/C14H20F2N4O2/c1-19(12(21)14(15,16)13(22)6-3-7-13)8-10-17-18-11(20(10)2)9-4-5-9/h9,22H,3-8H2,1-2H3. The lowest BCUT2D eigenvalue weighted by molar-refractivity contribution is -0.223. The van der Waals surface area contributed by atoms with E-state index in [0.717, 1.165) is 23.6 Å². The highest BCUT2D eigenvalue weighted by Crippen LogP contribution is 2.45. The largest absolute Gasteiger partial charge is 0.383 e. The van der Waals surface area contributed by atoms with Crippen LogP contribution < -0.4 is 0 Å². The zero-order valence-electron chi connectivity index (χ0n) is 12.7. The molecule has 3 rings (SSSR count). The minimum Gasteiger partial charge on any atom is -0.383 e. The lowest BCUT2D eigenvalue weighted by Gasteiger charge is -2.42. The topological polar surface area (TPSA) is 71.2 Å². The van der Waals surface area contributed by atoms with E-state index in [2.05, 4.69) is 10.2 Å². The number of aromatic nitrogens is 3. The van der Waals surface area contributed by atoms with Crippen molar-refractivity contribution < 1.29 is 18.7 Å². The van der Waals surface area contributed by atoms with Crippen LogP contribution in [0.25, 0.3) is 0 Å². The second kappa shape index (κ2) is 4.97. The molecule has 6 nitrogen and oxygen atoms in total. The first-order valence-electron chi connectivity index (χ1n) is 7.50. The minimum absolute atomic E-state index is 0.0463. The molecule has 0 spiro atoms. The third kappa shape index (κ3) is 2.29. The SMILES string of the molecule is CN(Cc1nnc(C2CC2)n1C)C(=O)C(F)(F)C1(O)CCC1. The Morgan fingerprint density at radius 1 is 1.45 bits per heavy atom. The van der Waals surface area contributed by atoms with E-state index in [1.54, 1.807) is 11.6 Å². The molecule has 1 amide bonds. The summed E-state index contributed by atoms with van der Waals surface area (Å²) in [6, 6.07) is 0. The van der Waals surface area contributed by atoms with Gasteiger partial charge in [-0.25, -0.2) is 0 Å². The summed E-state index contributed by atoms with van der Waals surface area (Å²) in [5.74, 6) is -3.44. The normalized spacial score (nSPS) is 20.6. The monoisotopic (exact) mass is 314 g/mol. The van der Waals surface area contributed by atoms with Crippen molar-refractivity contribution in [1.29, 1.82) is 0 Å². The number of alkyl halides is 2. The number of aliphatic hydroxyl groups is 1. The van der Waals surface area contributed by atoms with Crippen molar-refractivity contribution in [3.63, 3.8) is 0 Å². The van der Waals surface area contributed by atoms with E-state index in [9.17, 15) is 18.7 Å². The molecule has 0 radical (unpaired) electrons. The summed E-state index contributed by atoms with van der Waals surface area (Å²) in [5, 5.41) is 17.9. The maximum atomic E-state index is 14.2. The molecule has 122 valence electrons. The van der Waals surface area contributed by atoms with Crippen LogP contribution in [0.5, 0.6) is 0 Å². The second-order valence-electron chi connectivity index (χ2n) is 6.43. The van der Waals surface area contributed by atoms with Gasteiger partial charge in [-0.15, -0.1) is 10.2 Å². The molecule has 0 aliphatic heterocycles. The first-order valence-corrected chi connectivity index (χ1v) is 7.50. The van der Waals surface area contributed by atoms with Crippen LogP contribution in [0.4, 0.5) is 8.78 Å². The quantitative estimate of drug-likeness (QED) is 0.886. The molecule has 2 aliphatic carbocycles. The van der Waals surface area contributed by atoms with E-state index < -0.39 is 17.4 Å². The molecule has 2 saturated carbocycles. The van der Waals surface area contributed by atoms with Gasteiger partial charge < -0.3 is 14.6 Å². The Balaban J connectivity index is 1.71. The van der Waals surface area contributed by atoms with Crippen molar-refractivity contribution in [2.75, 3.05) is 7.05 Å². The number of carbonyl (C=O) groups excluding carboxylic acids is 1. The van der Waals surface area contributed by atoms with Crippen LogP contribution in [0.2, 0.25) is 0 Å². The van der Waals surface area contributed by atoms with Crippen molar-refractivity contribution in [2.24, 2.45) is 7.05 Å². The van der Waals surface area contributed by atoms with E-state index in [4.69, 9.17) is 0 Å². The fourth-order valence-corrected chi connectivity index (χ4v) is 2.76. The van der Waals surface area contributed by atoms with E-state index in [1.807, 2.05) is 0 Å². The molecule has 0 bridgehead atoms. The Labute approximate surface area is 127 Å². The van der Waals surface area contributed by atoms with Crippen molar-refractivity contribution in [2.45, 2.75) is 56.1 Å². The van der Waals surface area contributed by atoms with Gasteiger partial charge in [-0.05, 0) is 32.1 Å². The highest BCUT2D eigenvalue weighted by atomic mass is 19.3. The fourth-order valence-electron chi connectivity index (χ4n) is 2.76. The Morgan fingerprint density at radius 3 is 2.59 bits per heavy atom. The highest BCUT2D eigenvalue weighted by Gasteiger charge is 2.62. The van der Waals surface area contributed by atoms with Gasteiger partial charge in [0.25, 0.3) is 5.91 Å². The maximum absolute atomic E-state index is 14.2. The van der Waals surface area contributed by atoms with Crippen molar-refractivity contribution in [3.8, 4) is 0 Å². The lowest BCUT2D eigenvalue weighted by Crippen LogP contribution is -2.60. The van der Waals surface area contributed by atoms with Gasteiger partial charge in [-0.1, -0.05) is 0 Å². The van der Waals surface area contributed by atoms with Crippen LogP contribution in [0, 0.1) is 0 Å². The summed E-state index contributed by atoms with van der Waals surface area (Å²) in [7, 11) is 3.07. The van der Waals surface area contributed by atoms with Crippen LogP contribution in [-0.4, -0.2) is 49.2 Å². The minimum atomic E-state index is -3.77. The summed E-state index contributed by atoms with van der Waals surface area (Å²) in [5.41, 5.74) is -2.20. The van der Waals surface area contributed by atoms with Gasteiger partial charge in [0.1, 0.15) is 11.4 Å². The molecule has 2 aliphatic rings. The van der Waals surface area contributed by atoms with E-state index in [0.29, 0.717) is 18.2 Å². The van der Waals surface area contributed by atoms with Gasteiger partial charge in [0.15, 0.2) is 5.82 Å². The molecular weight excluding hydrogens is 294 g/mol. The van der Waals surface area contributed by atoms with Crippen LogP contribution >= 0.6 is 0 Å². The smallest absolute Gasteiger partial charge is 0.352 e. The summed E-state index contributed by atoms with van der Waals surface area (Å²) >= 11 is 0. The van der Waals surface area contributed by atoms with E-state index in [-0.39, 0.29) is 19.4 Å². The average Bonchev–Trinajstić information content (AvgIpc) is 3.21. The lowest BCUT2D eigenvalue weighted by atomic mass is 9.75. The third-order valence-electron chi connectivity index (χ3n) is 4.70. The Hall–Kier alpha value is -1.57. The Bertz CT molecular complexity index is 594. The van der Waals surface area contributed by atoms with Crippen molar-refractivity contribution in [3.05, 3.63) is 11.6 Å². The second-order valence-corrected chi connectivity index (χ2v) is 6.43. The molecule has 0 unspecified atom stereocenters. The van der Waals surface area contributed by atoms with Crippen LogP contribution in [0.1, 0.15) is 49.7 Å². The summed E-state index contributed by atoms with van der Waals surface area (Å²) in [4.78, 5) is 12.9.